The van der Waals surface area contributed by atoms with Gasteiger partial charge in [-0.05, 0) is 27.2 Å². The number of H-pyrrole nitrogens is 1. The summed E-state index contributed by atoms with van der Waals surface area (Å²) < 4.78 is 1.54. The molecule has 0 bridgehead atoms. The highest BCUT2D eigenvalue weighted by atomic mass is 16.1. The van der Waals surface area contributed by atoms with Crippen molar-refractivity contribution in [1.29, 1.82) is 0 Å². The number of nitrogens with one attached hydrogen (secondary N) is 1. The van der Waals surface area contributed by atoms with Gasteiger partial charge in [0.15, 0.2) is 5.65 Å². The van der Waals surface area contributed by atoms with Crippen LogP contribution in [0.1, 0.15) is 29.4 Å². The highest BCUT2D eigenvalue weighted by molar-refractivity contribution is 5.50. The molecule has 4 heteroatoms. The van der Waals surface area contributed by atoms with E-state index >= 15 is 0 Å². The maximum Gasteiger partial charge on any atom is 0.275 e. The van der Waals surface area contributed by atoms with Crippen LogP contribution in [0.2, 0.25) is 0 Å². The molecule has 2 rings (SSSR count). The zero-order chi connectivity index (χ0) is 11.2. The fourth-order valence-corrected chi connectivity index (χ4v) is 1.84. The van der Waals surface area contributed by atoms with Gasteiger partial charge in [-0.2, -0.15) is 0 Å². The summed E-state index contributed by atoms with van der Waals surface area (Å²) in [7, 11) is 0. The third-order valence-corrected chi connectivity index (χ3v) is 2.91. The first-order valence-corrected chi connectivity index (χ1v) is 5.13. The van der Waals surface area contributed by atoms with Crippen molar-refractivity contribution in [3.63, 3.8) is 0 Å². The molecule has 0 unspecified atom stereocenters. The molecule has 80 valence electrons. The molecule has 0 aliphatic rings. The Bertz CT molecular complexity index is 578. The summed E-state index contributed by atoms with van der Waals surface area (Å²) in [4.78, 5) is 16.4. The first-order chi connectivity index (χ1) is 7.06. The van der Waals surface area contributed by atoms with E-state index in [2.05, 4.69) is 17.0 Å². The van der Waals surface area contributed by atoms with Gasteiger partial charge in [-0.3, -0.25) is 9.89 Å². The smallest absolute Gasteiger partial charge is 0.275 e. The molecule has 0 spiro atoms. The molecule has 2 heterocycles. The lowest BCUT2D eigenvalue weighted by atomic mass is 10.2. The zero-order valence-corrected chi connectivity index (χ0v) is 9.51. The quantitative estimate of drug-likeness (QED) is 0.767. The van der Waals surface area contributed by atoms with E-state index in [1.807, 2.05) is 13.8 Å². The van der Waals surface area contributed by atoms with Crippen LogP contribution in [0.15, 0.2) is 4.79 Å². The third-order valence-electron chi connectivity index (χ3n) is 2.91. The van der Waals surface area contributed by atoms with Gasteiger partial charge in [0, 0.05) is 22.5 Å². The summed E-state index contributed by atoms with van der Waals surface area (Å²) in [6.45, 7) is 7.71. The van der Waals surface area contributed by atoms with Gasteiger partial charge >= 0.3 is 0 Å². The Balaban J connectivity index is 2.99. The molecule has 2 aromatic heterocycles. The topological polar surface area (TPSA) is 50.2 Å². The molecule has 0 aliphatic heterocycles. The molecular formula is C11H15N3O. The Morgan fingerprint density at radius 1 is 1.33 bits per heavy atom. The second-order valence-electron chi connectivity index (χ2n) is 3.86. The number of fused-ring (bicyclic) bond motifs is 1. The molecule has 0 fully saturated rings. The maximum absolute atomic E-state index is 11.9. The predicted molar refractivity (Wildman–Crippen MR) is 59.4 cm³/mol. The molecule has 2 aromatic rings. The lowest BCUT2D eigenvalue weighted by Gasteiger charge is -2.00. The van der Waals surface area contributed by atoms with Crippen molar-refractivity contribution in [2.75, 3.05) is 0 Å². The van der Waals surface area contributed by atoms with Crippen LogP contribution in [0.3, 0.4) is 0 Å². The Labute approximate surface area is 87.9 Å². The summed E-state index contributed by atoms with van der Waals surface area (Å²) in [6.07, 6.45) is 0.883. The number of aryl methyl sites for hydroxylation is 3. The number of hydrogen-bond donors (Lipinski definition) is 1. The first-order valence-electron chi connectivity index (χ1n) is 5.13. The van der Waals surface area contributed by atoms with E-state index in [9.17, 15) is 4.79 Å². The van der Waals surface area contributed by atoms with Gasteiger partial charge in [0.1, 0.15) is 0 Å². The summed E-state index contributed by atoms with van der Waals surface area (Å²) in [5.41, 5.74) is 4.43. The van der Waals surface area contributed by atoms with Crippen LogP contribution in [-0.2, 0) is 6.42 Å². The van der Waals surface area contributed by atoms with Crippen molar-refractivity contribution in [3.05, 3.63) is 32.9 Å². The largest absolute Gasteiger partial charge is 0.294 e. The second kappa shape index (κ2) is 3.22. The lowest BCUT2D eigenvalue weighted by Crippen LogP contribution is -2.19. The van der Waals surface area contributed by atoms with Crippen LogP contribution in [0, 0.1) is 20.8 Å². The SMILES string of the molecule is CCc1c(C)[nH]n2c(=O)c(C)c(C)nc12. The molecule has 0 aromatic carbocycles. The van der Waals surface area contributed by atoms with E-state index < -0.39 is 0 Å². The van der Waals surface area contributed by atoms with Crippen LogP contribution in [0.25, 0.3) is 5.65 Å². The van der Waals surface area contributed by atoms with Gasteiger partial charge < -0.3 is 0 Å². The Morgan fingerprint density at radius 2 is 2.00 bits per heavy atom. The number of aromatic amines is 1. The highest BCUT2D eigenvalue weighted by Gasteiger charge is 2.12. The Morgan fingerprint density at radius 3 is 2.60 bits per heavy atom. The highest BCUT2D eigenvalue weighted by Crippen LogP contribution is 2.13. The summed E-state index contributed by atoms with van der Waals surface area (Å²) >= 11 is 0. The molecule has 0 radical (unpaired) electrons. The van der Waals surface area contributed by atoms with E-state index in [0.717, 1.165) is 29.0 Å². The minimum Gasteiger partial charge on any atom is -0.294 e. The van der Waals surface area contributed by atoms with Crippen molar-refractivity contribution in [2.24, 2.45) is 0 Å². The van der Waals surface area contributed by atoms with Gasteiger partial charge in [0.2, 0.25) is 0 Å². The predicted octanol–water partition coefficient (Wildman–Crippen LogP) is 1.51. The number of hydrogen-bond acceptors (Lipinski definition) is 2. The van der Waals surface area contributed by atoms with Crippen LogP contribution in [0.5, 0.6) is 0 Å². The average Bonchev–Trinajstić information content (AvgIpc) is 2.51. The van der Waals surface area contributed by atoms with E-state index in [-0.39, 0.29) is 5.56 Å². The van der Waals surface area contributed by atoms with Gasteiger partial charge in [0.05, 0.1) is 0 Å². The average molecular weight is 205 g/mol. The van der Waals surface area contributed by atoms with Crippen molar-refractivity contribution >= 4 is 5.65 Å². The third kappa shape index (κ3) is 1.28. The second-order valence-corrected chi connectivity index (χ2v) is 3.86. The van der Waals surface area contributed by atoms with Crippen molar-refractivity contribution in [3.8, 4) is 0 Å². The van der Waals surface area contributed by atoms with Crippen molar-refractivity contribution in [2.45, 2.75) is 34.1 Å². The van der Waals surface area contributed by atoms with Gasteiger partial charge in [-0.15, -0.1) is 0 Å². The molecule has 0 saturated heterocycles. The number of nitrogens with zero attached hydrogens (tertiary/aromatic N) is 2. The Hall–Kier alpha value is -1.58. The molecular weight excluding hydrogens is 190 g/mol. The first kappa shape index (κ1) is 9.96. The van der Waals surface area contributed by atoms with E-state index in [1.165, 1.54) is 4.52 Å². The standard InChI is InChI=1S/C11H15N3O/c1-5-9-8(4)13-14-10(9)12-7(3)6(2)11(14)15/h13H,5H2,1-4H3. The Kier molecular flexibility index (Phi) is 2.14. The molecule has 4 nitrogen and oxygen atoms in total. The number of rotatable bonds is 1. The van der Waals surface area contributed by atoms with Crippen LogP contribution in [0.4, 0.5) is 0 Å². The minimum absolute atomic E-state index is 0.000278. The lowest BCUT2D eigenvalue weighted by molar-refractivity contribution is 0.859. The zero-order valence-electron chi connectivity index (χ0n) is 9.51. The van der Waals surface area contributed by atoms with Gasteiger partial charge in [-0.1, -0.05) is 6.92 Å². The maximum atomic E-state index is 11.9. The van der Waals surface area contributed by atoms with E-state index in [0.29, 0.717) is 5.56 Å². The fourth-order valence-electron chi connectivity index (χ4n) is 1.84. The van der Waals surface area contributed by atoms with E-state index in [4.69, 9.17) is 0 Å². The number of aromatic nitrogens is 3. The normalized spacial score (nSPS) is 11.2. The molecule has 0 aliphatic carbocycles. The molecule has 0 amide bonds. The van der Waals surface area contributed by atoms with Crippen molar-refractivity contribution in [1.82, 2.24) is 14.6 Å². The summed E-state index contributed by atoms with van der Waals surface area (Å²) in [5, 5.41) is 3.06. The molecule has 15 heavy (non-hydrogen) atoms. The summed E-state index contributed by atoms with van der Waals surface area (Å²) in [5.74, 6) is 0. The molecule has 0 saturated carbocycles. The van der Waals surface area contributed by atoms with Crippen LogP contribution in [-0.4, -0.2) is 14.6 Å². The van der Waals surface area contributed by atoms with Crippen LogP contribution >= 0.6 is 0 Å². The van der Waals surface area contributed by atoms with E-state index in [1.54, 1.807) is 6.92 Å². The van der Waals surface area contributed by atoms with Gasteiger partial charge in [0.25, 0.3) is 5.56 Å². The van der Waals surface area contributed by atoms with Crippen molar-refractivity contribution < 1.29 is 0 Å². The monoisotopic (exact) mass is 205 g/mol. The van der Waals surface area contributed by atoms with Crippen LogP contribution < -0.4 is 5.56 Å². The molecule has 1 N–H and O–H groups in total. The van der Waals surface area contributed by atoms with Gasteiger partial charge in [-0.25, -0.2) is 9.50 Å². The minimum atomic E-state index is 0.000278. The molecule has 0 atom stereocenters. The summed E-state index contributed by atoms with van der Waals surface area (Å²) in [6, 6.07) is 0. The fraction of sp³-hybridized carbons (Fsp3) is 0.455.